The lowest BCUT2D eigenvalue weighted by Gasteiger charge is -2.36. The summed E-state index contributed by atoms with van der Waals surface area (Å²) in [6, 6.07) is 45.3. The molecule has 0 radical (unpaired) electrons. The molecule has 18 nitrogen and oxygen atoms in total. The maximum Gasteiger partial charge on any atom is 0.264 e. The number of sulfonamides is 3. The van der Waals surface area contributed by atoms with E-state index in [1.807, 2.05) is 144 Å². The minimum atomic E-state index is -3.86. The third kappa shape index (κ3) is 18.8. The van der Waals surface area contributed by atoms with E-state index in [2.05, 4.69) is 40.5 Å². The van der Waals surface area contributed by atoms with Crippen molar-refractivity contribution < 1.29 is 49.8 Å². The Bertz CT molecular complexity index is 4530. The summed E-state index contributed by atoms with van der Waals surface area (Å²) in [6.07, 6.45) is 9.18. The molecule has 12 rings (SSSR count). The molecule has 0 amide bonds. The molecule has 22 heteroatoms. The molecule has 103 heavy (non-hydrogen) atoms. The van der Waals surface area contributed by atoms with Gasteiger partial charge in [0.05, 0.1) is 50.1 Å². The van der Waals surface area contributed by atoms with Gasteiger partial charge in [-0.3, -0.25) is 22.7 Å². The van der Waals surface area contributed by atoms with Crippen LogP contribution in [0.5, 0.6) is 0 Å². The highest BCUT2D eigenvalue weighted by Gasteiger charge is 2.35. The number of Topliss-reactive ketones (excluding diaryl/α,β-unsaturated/α-hetero) is 1. The lowest BCUT2D eigenvalue weighted by atomic mass is 9.97. The number of fused-ring (bicyclic) bond motifs is 3. The minimum absolute atomic E-state index is 0.120. The van der Waals surface area contributed by atoms with Crippen molar-refractivity contribution in [3.05, 3.63) is 221 Å². The zero-order valence-corrected chi connectivity index (χ0v) is 63.3. The number of hydrogen-bond acceptors (Lipinski definition) is 15. The molecule has 1 aliphatic carbocycles. The predicted molar refractivity (Wildman–Crippen MR) is 409 cm³/mol. The molecule has 3 N–H and O–H groups in total. The van der Waals surface area contributed by atoms with Gasteiger partial charge in [-0.15, -0.1) is 0 Å². The number of carbonyl (C=O) groups excluding carboxylic acids is 1. The SMILES string of the molecule is CCc1ccc(N(CC(C)C)S(=O)(=O)c2ccc3c(c2)C(O)CCN3CC2CCC(=O)C2)cc1.CCc1ccc(N(CC(C)C)S(=O)(=O)c2ccc3c(c2)C(O)CCN3Cc2ccnc(F)c2)cc1.CCc1ccc(N(CC(C)C)S(=O)(=O)c2ccc3c(c2)C(O)CCN3Cc2ccncc2)cc1. The summed E-state index contributed by atoms with van der Waals surface area (Å²) in [5.41, 5.74) is 11.6. The van der Waals surface area contributed by atoms with E-state index in [-0.39, 0.29) is 32.4 Å². The summed E-state index contributed by atoms with van der Waals surface area (Å²) in [7, 11) is -11.5. The predicted octanol–water partition coefficient (Wildman–Crippen LogP) is 14.7. The topological polar surface area (TPSA) is 225 Å². The molecule has 0 spiro atoms. The van der Waals surface area contributed by atoms with Gasteiger partial charge in [0.2, 0.25) is 5.95 Å². The average Bonchev–Trinajstić information content (AvgIpc) is 1.27. The van der Waals surface area contributed by atoms with Gasteiger partial charge >= 0.3 is 0 Å². The van der Waals surface area contributed by atoms with Gasteiger partial charge in [0.15, 0.2) is 0 Å². The maximum absolute atomic E-state index is 13.8. The third-order valence-electron chi connectivity index (χ3n) is 19.5. The van der Waals surface area contributed by atoms with Gasteiger partial charge in [-0.25, -0.2) is 30.2 Å². The van der Waals surface area contributed by atoms with Gasteiger partial charge in [-0.05, 0) is 212 Å². The van der Waals surface area contributed by atoms with Crippen molar-refractivity contribution in [3.8, 4) is 0 Å². The van der Waals surface area contributed by atoms with Gasteiger partial charge in [0.25, 0.3) is 30.1 Å². The van der Waals surface area contributed by atoms with Crippen LogP contribution in [0.2, 0.25) is 0 Å². The second-order valence-electron chi connectivity index (χ2n) is 28.7. The zero-order chi connectivity index (χ0) is 73.9. The molecule has 0 bridgehead atoms. The summed E-state index contributed by atoms with van der Waals surface area (Å²) in [6.45, 7) is 23.2. The first kappa shape index (κ1) is 77.4. The number of aliphatic hydroxyl groups excluding tert-OH is 3. The fourth-order valence-electron chi connectivity index (χ4n) is 13.9. The van der Waals surface area contributed by atoms with Crippen LogP contribution in [0.1, 0.15) is 164 Å². The van der Waals surface area contributed by atoms with Crippen molar-refractivity contribution in [3.63, 3.8) is 0 Å². The van der Waals surface area contributed by atoms with Crippen molar-refractivity contribution in [2.24, 2.45) is 23.7 Å². The van der Waals surface area contributed by atoms with Crippen molar-refractivity contribution in [2.75, 3.05) is 73.4 Å². The number of benzene rings is 6. The van der Waals surface area contributed by atoms with Gasteiger partial charge in [0, 0.05) is 124 Å². The van der Waals surface area contributed by atoms with Crippen LogP contribution in [0.3, 0.4) is 0 Å². The number of hydrogen-bond donors (Lipinski definition) is 3. The van der Waals surface area contributed by atoms with Crippen molar-refractivity contribution in [1.29, 1.82) is 0 Å². The highest BCUT2D eigenvalue weighted by Crippen LogP contribution is 2.42. The van der Waals surface area contributed by atoms with Crippen LogP contribution in [0.4, 0.5) is 38.5 Å². The van der Waals surface area contributed by atoms with E-state index < -0.39 is 54.3 Å². The average molecular weight is 1460 g/mol. The molecule has 4 unspecified atom stereocenters. The molecule has 3 aliphatic heterocycles. The van der Waals surface area contributed by atoms with Crippen LogP contribution < -0.4 is 27.6 Å². The quantitative estimate of drug-likeness (QED) is 0.0478. The number of halogens is 1. The Morgan fingerprint density at radius 2 is 0.796 bits per heavy atom. The molecular weight excluding hydrogens is 1360 g/mol. The number of ketones is 1. The normalized spacial score (nSPS) is 17.4. The van der Waals surface area contributed by atoms with E-state index >= 15 is 0 Å². The first-order valence-electron chi connectivity index (χ1n) is 36.2. The second-order valence-corrected chi connectivity index (χ2v) is 34.3. The van der Waals surface area contributed by atoms with Crippen LogP contribution in [0.15, 0.2) is 185 Å². The molecule has 1 saturated carbocycles. The first-order chi connectivity index (χ1) is 49.2. The monoisotopic (exact) mass is 1460 g/mol. The summed E-state index contributed by atoms with van der Waals surface area (Å²) < 4.78 is 101. The highest BCUT2D eigenvalue weighted by atomic mass is 32.2. The number of anilines is 6. The lowest BCUT2D eigenvalue weighted by Crippen LogP contribution is -2.36. The molecule has 6 aromatic carbocycles. The van der Waals surface area contributed by atoms with E-state index in [9.17, 15) is 49.8 Å². The van der Waals surface area contributed by atoms with Gasteiger partial charge < -0.3 is 30.0 Å². The molecular formula is C81H101FN8O10S3. The van der Waals surface area contributed by atoms with E-state index in [1.54, 1.807) is 60.9 Å². The van der Waals surface area contributed by atoms with E-state index in [0.717, 1.165) is 77.1 Å². The Balaban J connectivity index is 0.000000166. The Labute approximate surface area is 610 Å². The van der Waals surface area contributed by atoms with Gasteiger partial charge in [-0.2, -0.15) is 4.39 Å². The molecule has 8 aromatic rings. The zero-order valence-electron chi connectivity index (χ0n) is 60.8. The van der Waals surface area contributed by atoms with Gasteiger partial charge in [-0.1, -0.05) is 98.7 Å². The van der Waals surface area contributed by atoms with Crippen LogP contribution in [0, 0.1) is 29.6 Å². The largest absolute Gasteiger partial charge is 0.388 e. The Morgan fingerprint density at radius 1 is 0.447 bits per heavy atom. The third-order valence-corrected chi connectivity index (χ3v) is 24.9. The number of pyridine rings is 2. The molecule has 4 atom stereocenters. The van der Waals surface area contributed by atoms with E-state index in [1.165, 1.54) is 25.2 Å². The number of aliphatic hydroxyl groups is 3. The molecule has 5 heterocycles. The molecule has 550 valence electrons. The number of nitrogens with zero attached hydrogens (tertiary/aromatic N) is 8. The van der Waals surface area contributed by atoms with Gasteiger partial charge in [0.1, 0.15) is 5.78 Å². The van der Waals surface area contributed by atoms with Crippen molar-refractivity contribution >= 4 is 70.0 Å². The summed E-state index contributed by atoms with van der Waals surface area (Å²) >= 11 is 0. The lowest BCUT2D eigenvalue weighted by molar-refractivity contribution is -0.117. The van der Waals surface area contributed by atoms with Crippen molar-refractivity contribution in [1.82, 2.24) is 9.97 Å². The summed E-state index contributed by atoms with van der Waals surface area (Å²) in [4.78, 5) is 26.4. The fourth-order valence-corrected chi connectivity index (χ4v) is 18.8. The Hall–Kier alpha value is -8.25. The number of aromatic nitrogens is 2. The Kier molecular flexibility index (Phi) is 25.6. The molecule has 0 saturated heterocycles. The van der Waals surface area contributed by atoms with E-state index in [4.69, 9.17) is 0 Å². The van der Waals surface area contributed by atoms with Crippen LogP contribution in [-0.4, -0.2) is 102 Å². The number of rotatable bonds is 24. The second kappa shape index (κ2) is 34.1. The van der Waals surface area contributed by atoms with Crippen molar-refractivity contribution in [2.45, 2.75) is 166 Å². The first-order valence-corrected chi connectivity index (χ1v) is 40.6. The van der Waals surface area contributed by atoms with Crippen LogP contribution in [-0.2, 0) is 67.2 Å². The molecule has 1 fully saturated rings. The Morgan fingerprint density at radius 3 is 1.14 bits per heavy atom. The fraction of sp³-hybridized carbons (Fsp3) is 0.420. The molecule has 2 aromatic heterocycles. The minimum Gasteiger partial charge on any atom is -0.388 e. The highest BCUT2D eigenvalue weighted by molar-refractivity contribution is 7.93. The maximum atomic E-state index is 13.8. The number of aryl methyl sites for hydroxylation is 3. The smallest absolute Gasteiger partial charge is 0.264 e. The summed E-state index contributed by atoms with van der Waals surface area (Å²) in [5, 5.41) is 32.2. The standard InChI is InChI=1S/C27H32FN3O3S.C27H33N3O3S.C27H36N2O4S/c1-4-20-5-7-22(8-6-20)31(17-19(2)3)35(33,34)23-9-10-25-24(16-23)26(32)12-14-30(25)18-21-11-13-29-27(28)15-21;1-4-21-5-7-23(8-6-21)30(18-20(2)3)34(32,33)24-9-10-26-25(17-24)27(31)13-16-29(26)19-22-11-14-28-15-12-22;1-4-20-5-8-22(9-6-20)29(17-19(2)3)34(32,33)24-11-12-26-25(16-24)27(31)13-14-28(26)18-21-7-10-23(30)15-21/h5-11,13,15-16,19,26,32H,4,12,14,17-18H2,1-3H3;5-12,14-15,17,20,27,31H,4,13,16,18-19H2,1-3H3;5-6,8-9,11-12,16,19,21,27,31H,4,7,10,13-15,17-18H2,1-3H3. The van der Waals surface area contributed by atoms with Crippen LogP contribution in [0.25, 0.3) is 0 Å². The van der Waals surface area contributed by atoms with E-state index in [0.29, 0.717) is 130 Å². The van der Waals surface area contributed by atoms with Crippen LogP contribution >= 0.6 is 0 Å². The molecule has 4 aliphatic rings. The summed E-state index contributed by atoms with van der Waals surface area (Å²) in [5.74, 6) is 0.522. The number of carbonyl (C=O) groups is 1.